The van der Waals surface area contributed by atoms with Gasteiger partial charge in [0.25, 0.3) is 0 Å². The molecule has 2 aromatic carbocycles. The predicted molar refractivity (Wildman–Crippen MR) is 89.1 cm³/mol. The summed E-state index contributed by atoms with van der Waals surface area (Å²) in [4.78, 5) is 25.3. The van der Waals surface area contributed by atoms with Crippen molar-refractivity contribution in [2.75, 3.05) is 13.7 Å². The summed E-state index contributed by atoms with van der Waals surface area (Å²) in [5.74, 6) is 1.06. The van der Waals surface area contributed by atoms with Crippen LogP contribution in [0.25, 0.3) is 5.76 Å². The fourth-order valence-corrected chi connectivity index (χ4v) is 2.99. The number of carbonyl (C=O) groups is 2. The molecule has 0 radical (unpaired) electrons. The summed E-state index contributed by atoms with van der Waals surface area (Å²) in [6.07, 6.45) is 1.66. The van der Waals surface area contributed by atoms with E-state index in [-0.39, 0.29) is 18.2 Å². The maximum Gasteiger partial charge on any atom is 0.194 e. The Morgan fingerprint density at radius 3 is 2.25 bits per heavy atom. The van der Waals surface area contributed by atoms with E-state index in [9.17, 15) is 9.59 Å². The van der Waals surface area contributed by atoms with Crippen molar-refractivity contribution in [2.24, 2.45) is 0 Å². The smallest absolute Gasteiger partial charge is 0.194 e. The summed E-state index contributed by atoms with van der Waals surface area (Å²) >= 11 is 0. The molecule has 24 heavy (non-hydrogen) atoms. The summed E-state index contributed by atoms with van der Waals surface area (Å²) < 4.78 is 10.9. The van der Waals surface area contributed by atoms with Crippen LogP contribution in [0.3, 0.4) is 0 Å². The van der Waals surface area contributed by atoms with Gasteiger partial charge in [-0.3, -0.25) is 9.59 Å². The van der Waals surface area contributed by atoms with Gasteiger partial charge in [-0.15, -0.1) is 0 Å². The number of ether oxygens (including phenoxy) is 2. The second kappa shape index (κ2) is 5.49. The molecule has 1 aliphatic heterocycles. The Balaban J connectivity index is 1.78. The van der Waals surface area contributed by atoms with Crippen LogP contribution in [0.2, 0.25) is 0 Å². The third-order valence-electron chi connectivity index (χ3n) is 4.28. The second-order valence-electron chi connectivity index (χ2n) is 5.62. The Morgan fingerprint density at radius 2 is 1.58 bits per heavy atom. The topological polar surface area (TPSA) is 52.6 Å². The summed E-state index contributed by atoms with van der Waals surface area (Å²) in [6.45, 7) is 0.103. The molecule has 0 fully saturated rings. The molecular weight excluding hydrogens is 304 g/mol. The number of hydrogen-bond donors (Lipinski definition) is 0. The zero-order valence-corrected chi connectivity index (χ0v) is 13.0. The Labute approximate surface area is 139 Å². The second-order valence-corrected chi connectivity index (χ2v) is 5.62. The monoisotopic (exact) mass is 318 g/mol. The SMILES string of the molecule is COc1ccc(C2=CC3=C(CO2)C(=O)c2ccccc2C3=O)cc1. The quantitative estimate of drug-likeness (QED) is 0.851. The van der Waals surface area contributed by atoms with Gasteiger partial charge in [-0.1, -0.05) is 24.3 Å². The molecule has 4 nitrogen and oxygen atoms in total. The first kappa shape index (κ1) is 14.5. The fraction of sp³-hybridized carbons (Fsp3) is 0.100. The van der Waals surface area contributed by atoms with Gasteiger partial charge in [-0.2, -0.15) is 0 Å². The van der Waals surface area contributed by atoms with E-state index in [0.717, 1.165) is 11.3 Å². The molecule has 2 aliphatic rings. The van der Waals surface area contributed by atoms with Crippen molar-refractivity contribution in [3.63, 3.8) is 0 Å². The van der Waals surface area contributed by atoms with E-state index in [2.05, 4.69) is 0 Å². The lowest BCUT2D eigenvalue weighted by atomic mass is 9.83. The van der Waals surface area contributed by atoms with Crippen molar-refractivity contribution >= 4 is 17.3 Å². The summed E-state index contributed by atoms with van der Waals surface area (Å²) in [7, 11) is 1.60. The number of rotatable bonds is 2. The van der Waals surface area contributed by atoms with Crippen LogP contribution in [0, 0.1) is 0 Å². The number of ketones is 2. The highest BCUT2D eigenvalue weighted by molar-refractivity contribution is 6.28. The Morgan fingerprint density at radius 1 is 0.917 bits per heavy atom. The molecule has 0 saturated carbocycles. The molecule has 1 heterocycles. The van der Waals surface area contributed by atoms with Gasteiger partial charge < -0.3 is 9.47 Å². The van der Waals surface area contributed by atoms with E-state index in [1.54, 1.807) is 37.5 Å². The molecule has 0 amide bonds. The van der Waals surface area contributed by atoms with Crippen LogP contribution in [0.15, 0.2) is 65.8 Å². The van der Waals surface area contributed by atoms with Crippen LogP contribution in [-0.2, 0) is 4.74 Å². The van der Waals surface area contributed by atoms with Crippen molar-refractivity contribution in [3.8, 4) is 5.75 Å². The van der Waals surface area contributed by atoms with Gasteiger partial charge >= 0.3 is 0 Å². The molecule has 4 rings (SSSR count). The van der Waals surface area contributed by atoms with E-state index >= 15 is 0 Å². The molecular formula is C20H14O4. The first-order chi connectivity index (χ1) is 11.7. The molecule has 1 aliphatic carbocycles. The molecule has 0 atom stereocenters. The first-order valence-corrected chi connectivity index (χ1v) is 7.59. The minimum atomic E-state index is -0.134. The fourth-order valence-electron chi connectivity index (χ4n) is 2.99. The standard InChI is InChI=1S/C20H14O4/c1-23-13-8-6-12(7-9-13)18-10-16-17(11-24-18)20(22)15-5-3-2-4-14(15)19(16)21/h2-10H,11H2,1H3. The Hall–Kier alpha value is -3.14. The largest absolute Gasteiger partial charge is 0.497 e. The average Bonchev–Trinajstić information content (AvgIpc) is 2.66. The summed E-state index contributed by atoms with van der Waals surface area (Å²) in [6, 6.07) is 14.3. The summed E-state index contributed by atoms with van der Waals surface area (Å²) in [5.41, 5.74) is 2.59. The van der Waals surface area contributed by atoms with Crippen LogP contribution in [0.1, 0.15) is 26.3 Å². The molecule has 0 aromatic heterocycles. The van der Waals surface area contributed by atoms with Gasteiger partial charge in [0.1, 0.15) is 18.1 Å². The van der Waals surface area contributed by atoms with Gasteiger partial charge in [-0.25, -0.2) is 0 Å². The number of fused-ring (bicyclic) bond motifs is 1. The van der Waals surface area contributed by atoms with Crippen LogP contribution >= 0.6 is 0 Å². The average molecular weight is 318 g/mol. The highest BCUT2D eigenvalue weighted by atomic mass is 16.5. The molecule has 0 bridgehead atoms. The number of hydrogen-bond acceptors (Lipinski definition) is 4. The lowest BCUT2D eigenvalue weighted by molar-refractivity contribution is 0.0961. The zero-order chi connectivity index (χ0) is 16.7. The first-order valence-electron chi connectivity index (χ1n) is 7.59. The molecule has 0 spiro atoms. The molecule has 2 aromatic rings. The van der Waals surface area contributed by atoms with E-state index < -0.39 is 0 Å². The van der Waals surface area contributed by atoms with E-state index in [4.69, 9.17) is 9.47 Å². The van der Waals surface area contributed by atoms with Crippen LogP contribution in [0.4, 0.5) is 0 Å². The number of allylic oxidation sites excluding steroid dienone is 2. The number of Topliss-reactive ketones (excluding diaryl/α,β-unsaturated/α-hetero) is 2. The van der Waals surface area contributed by atoms with Gasteiger partial charge in [0, 0.05) is 27.8 Å². The van der Waals surface area contributed by atoms with Crippen molar-refractivity contribution in [1.29, 1.82) is 0 Å². The van der Waals surface area contributed by atoms with E-state index in [1.807, 2.05) is 24.3 Å². The third kappa shape index (κ3) is 2.15. The molecule has 4 heteroatoms. The normalized spacial score (nSPS) is 16.1. The van der Waals surface area contributed by atoms with Crippen LogP contribution in [-0.4, -0.2) is 25.3 Å². The van der Waals surface area contributed by atoms with Crippen molar-refractivity contribution in [1.82, 2.24) is 0 Å². The Bertz CT molecular complexity index is 917. The van der Waals surface area contributed by atoms with Gasteiger partial charge in [0.15, 0.2) is 11.6 Å². The van der Waals surface area contributed by atoms with Gasteiger partial charge in [-0.05, 0) is 30.3 Å². The minimum Gasteiger partial charge on any atom is -0.497 e. The van der Waals surface area contributed by atoms with E-state index in [1.165, 1.54) is 0 Å². The number of benzene rings is 2. The zero-order valence-electron chi connectivity index (χ0n) is 13.0. The lowest BCUT2D eigenvalue weighted by Gasteiger charge is -2.24. The maximum atomic E-state index is 12.7. The number of carbonyl (C=O) groups excluding carboxylic acids is 2. The predicted octanol–water partition coefficient (Wildman–Crippen LogP) is 3.44. The third-order valence-corrected chi connectivity index (χ3v) is 4.28. The lowest BCUT2D eigenvalue weighted by Crippen LogP contribution is -2.26. The van der Waals surface area contributed by atoms with E-state index in [0.29, 0.717) is 28.0 Å². The molecule has 0 saturated heterocycles. The van der Waals surface area contributed by atoms with Crippen molar-refractivity contribution < 1.29 is 19.1 Å². The summed E-state index contributed by atoms with van der Waals surface area (Å²) in [5, 5.41) is 0. The van der Waals surface area contributed by atoms with Crippen molar-refractivity contribution in [2.45, 2.75) is 0 Å². The molecule has 0 N–H and O–H groups in total. The van der Waals surface area contributed by atoms with Gasteiger partial charge in [0.05, 0.1) is 7.11 Å². The minimum absolute atomic E-state index is 0.103. The van der Waals surface area contributed by atoms with Gasteiger partial charge in [0.2, 0.25) is 0 Å². The van der Waals surface area contributed by atoms with Crippen LogP contribution < -0.4 is 4.74 Å². The molecule has 118 valence electrons. The Kier molecular flexibility index (Phi) is 3.31. The van der Waals surface area contributed by atoms with Crippen molar-refractivity contribution in [3.05, 3.63) is 82.4 Å². The molecule has 0 unspecified atom stereocenters. The number of methoxy groups -OCH3 is 1. The van der Waals surface area contributed by atoms with Crippen LogP contribution in [0.5, 0.6) is 5.75 Å². The maximum absolute atomic E-state index is 12.7. The highest BCUT2D eigenvalue weighted by Crippen LogP contribution is 2.33. The highest BCUT2D eigenvalue weighted by Gasteiger charge is 2.33.